The Hall–Kier alpha value is -2.00. The van der Waals surface area contributed by atoms with Gasteiger partial charge in [-0.25, -0.2) is 0 Å². The van der Waals surface area contributed by atoms with Crippen molar-refractivity contribution in [3.8, 4) is 16.9 Å². The molecule has 98 valence electrons. The third kappa shape index (κ3) is 2.56. The van der Waals surface area contributed by atoms with Crippen LogP contribution in [-0.2, 0) is 0 Å². The molecule has 19 heavy (non-hydrogen) atoms. The first-order valence-corrected chi connectivity index (χ1v) is 6.23. The van der Waals surface area contributed by atoms with Gasteiger partial charge in [-0.15, -0.1) is 0 Å². The minimum absolute atomic E-state index is 0.0420. The van der Waals surface area contributed by atoms with Crippen molar-refractivity contribution in [1.29, 1.82) is 0 Å². The quantitative estimate of drug-likeness (QED) is 0.883. The summed E-state index contributed by atoms with van der Waals surface area (Å²) >= 11 is 5.95. The first kappa shape index (κ1) is 13.4. The number of hydrogen-bond acceptors (Lipinski definition) is 2. The molecule has 0 aliphatic carbocycles. The molecule has 0 saturated carbocycles. The number of aryl methyl sites for hydroxylation is 1. The summed E-state index contributed by atoms with van der Waals surface area (Å²) in [4.78, 5) is 11.9. The molecule has 0 unspecified atom stereocenters. The fourth-order valence-corrected chi connectivity index (χ4v) is 2.17. The van der Waals surface area contributed by atoms with Crippen LogP contribution in [0.5, 0.6) is 5.75 Å². The van der Waals surface area contributed by atoms with Gasteiger partial charge < -0.3 is 10.4 Å². The maximum atomic E-state index is 11.9. The van der Waals surface area contributed by atoms with E-state index in [1.54, 1.807) is 25.2 Å². The molecular weight excluding hydrogens is 262 g/mol. The number of carbonyl (C=O) groups excluding carboxylic acids is 1. The molecule has 0 spiro atoms. The maximum absolute atomic E-state index is 11.9. The molecule has 3 nitrogen and oxygen atoms in total. The average Bonchev–Trinajstić information content (AvgIpc) is 2.42. The summed E-state index contributed by atoms with van der Waals surface area (Å²) in [5.41, 5.74) is 3.07. The Kier molecular flexibility index (Phi) is 3.76. The molecule has 0 radical (unpaired) electrons. The van der Waals surface area contributed by atoms with Crippen LogP contribution in [0.4, 0.5) is 0 Å². The molecule has 0 bridgehead atoms. The van der Waals surface area contributed by atoms with Crippen LogP contribution in [0.1, 0.15) is 15.9 Å². The largest absolute Gasteiger partial charge is 0.506 e. The van der Waals surface area contributed by atoms with Gasteiger partial charge in [0, 0.05) is 12.6 Å². The fourth-order valence-electron chi connectivity index (χ4n) is 2.01. The fraction of sp³-hybridized carbons (Fsp3) is 0.133. The monoisotopic (exact) mass is 275 g/mol. The van der Waals surface area contributed by atoms with E-state index in [0.29, 0.717) is 5.56 Å². The highest BCUT2D eigenvalue weighted by molar-refractivity contribution is 6.32. The van der Waals surface area contributed by atoms with Crippen molar-refractivity contribution >= 4 is 17.5 Å². The Morgan fingerprint density at radius 3 is 2.58 bits per heavy atom. The zero-order valence-electron chi connectivity index (χ0n) is 10.7. The molecule has 0 heterocycles. The lowest BCUT2D eigenvalue weighted by atomic mass is 9.95. The van der Waals surface area contributed by atoms with Crippen molar-refractivity contribution in [3.05, 3.63) is 52.5 Å². The lowest BCUT2D eigenvalue weighted by Gasteiger charge is -2.12. The molecule has 0 atom stereocenters. The number of rotatable bonds is 2. The Bertz CT molecular complexity index is 638. The highest BCUT2D eigenvalue weighted by atomic mass is 35.5. The first-order valence-electron chi connectivity index (χ1n) is 5.85. The second-order valence-electron chi connectivity index (χ2n) is 4.24. The number of carbonyl (C=O) groups is 1. The minimum Gasteiger partial charge on any atom is -0.506 e. The average molecular weight is 276 g/mol. The van der Waals surface area contributed by atoms with E-state index in [1.807, 2.05) is 25.1 Å². The Morgan fingerprint density at radius 2 is 1.89 bits per heavy atom. The van der Waals surface area contributed by atoms with E-state index < -0.39 is 0 Å². The number of benzene rings is 2. The summed E-state index contributed by atoms with van der Waals surface area (Å²) in [6.45, 7) is 1.87. The predicted octanol–water partition coefficient (Wildman–Crippen LogP) is 3.38. The van der Waals surface area contributed by atoms with Crippen LogP contribution in [0.3, 0.4) is 0 Å². The number of aromatic hydroxyl groups is 1. The molecule has 2 aromatic rings. The minimum atomic E-state index is -0.154. The van der Waals surface area contributed by atoms with Crippen LogP contribution in [0.25, 0.3) is 11.1 Å². The molecule has 2 N–H and O–H groups in total. The van der Waals surface area contributed by atoms with Crippen molar-refractivity contribution in [2.75, 3.05) is 7.05 Å². The van der Waals surface area contributed by atoms with Gasteiger partial charge in [-0.2, -0.15) is 0 Å². The van der Waals surface area contributed by atoms with E-state index in [0.717, 1.165) is 16.7 Å². The van der Waals surface area contributed by atoms with Crippen LogP contribution < -0.4 is 5.32 Å². The zero-order valence-corrected chi connectivity index (χ0v) is 11.5. The summed E-state index contributed by atoms with van der Waals surface area (Å²) in [5, 5.41) is 12.5. The summed E-state index contributed by atoms with van der Waals surface area (Å²) in [7, 11) is 1.59. The topological polar surface area (TPSA) is 49.3 Å². The summed E-state index contributed by atoms with van der Waals surface area (Å²) in [5.74, 6) is -0.112. The van der Waals surface area contributed by atoms with E-state index >= 15 is 0 Å². The molecule has 0 aliphatic rings. The first-order chi connectivity index (χ1) is 9.04. The van der Waals surface area contributed by atoms with Gasteiger partial charge in [0.2, 0.25) is 0 Å². The van der Waals surface area contributed by atoms with Gasteiger partial charge in [0.25, 0.3) is 5.91 Å². The third-order valence-electron chi connectivity index (χ3n) is 2.98. The van der Waals surface area contributed by atoms with Crippen molar-refractivity contribution in [2.45, 2.75) is 6.92 Å². The van der Waals surface area contributed by atoms with Gasteiger partial charge in [0.1, 0.15) is 5.75 Å². The normalized spacial score (nSPS) is 10.3. The number of hydrogen-bond donors (Lipinski definition) is 2. The SMILES string of the molecule is CNC(=O)c1ccccc1-c1cc(Cl)c(O)cc1C. The van der Waals surface area contributed by atoms with Gasteiger partial charge in [0.05, 0.1) is 5.02 Å². The van der Waals surface area contributed by atoms with Crippen molar-refractivity contribution in [3.63, 3.8) is 0 Å². The van der Waals surface area contributed by atoms with E-state index in [1.165, 1.54) is 0 Å². The van der Waals surface area contributed by atoms with Gasteiger partial charge in [-0.05, 0) is 41.8 Å². The second kappa shape index (κ2) is 5.33. The molecule has 0 aromatic heterocycles. The number of halogens is 1. The van der Waals surface area contributed by atoms with Crippen molar-refractivity contribution in [2.24, 2.45) is 0 Å². The lowest BCUT2D eigenvalue weighted by Crippen LogP contribution is -2.18. The Labute approximate surface area is 116 Å². The number of amides is 1. The van der Waals surface area contributed by atoms with E-state index in [9.17, 15) is 9.90 Å². The number of phenolic OH excluding ortho intramolecular Hbond substituents is 1. The van der Waals surface area contributed by atoms with Crippen molar-refractivity contribution in [1.82, 2.24) is 5.32 Å². The molecule has 2 aromatic carbocycles. The second-order valence-corrected chi connectivity index (χ2v) is 4.65. The van der Waals surface area contributed by atoms with E-state index in [2.05, 4.69) is 5.32 Å². The summed E-state index contributed by atoms with van der Waals surface area (Å²) in [6, 6.07) is 10.6. The lowest BCUT2D eigenvalue weighted by molar-refractivity contribution is 0.0963. The van der Waals surface area contributed by atoms with Gasteiger partial charge in [-0.1, -0.05) is 29.8 Å². The van der Waals surface area contributed by atoms with Crippen LogP contribution in [0.2, 0.25) is 5.02 Å². The van der Waals surface area contributed by atoms with Gasteiger partial charge in [0.15, 0.2) is 0 Å². The molecule has 0 fully saturated rings. The number of nitrogens with one attached hydrogen (secondary N) is 1. The van der Waals surface area contributed by atoms with Crippen LogP contribution in [-0.4, -0.2) is 18.1 Å². The Morgan fingerprint density at radius 1 is 1.21 bits per heavy atom. The zero-order chi connectivity index (χ0) is 14.0. The molecule has 4 heteroatoms. The third-order valence-corrected chi connectivity index (χ3v) is 3.29. The molecule has 2 rings (SSSR count). The Balaban J connectivity index is 2.66. The standard InChI is InChI=1S/C15H14ClNO2/c1-9-7-14(18)13(16)8-12(9)10-5-3-4-6-11(10)15(19)17-2/h3-8,18H,1-2H3,(H,17,19). The van der Waals surface area contributed by atoms with Crippen molar-refractivity contribution < 1.29 is 9.90 Å². The maximum Gasteiger partial charge on any atom is 0.251 e. The number of phenols is 1. The molecular formula is C15H14ClNO2. The van der Waals surface area contributed by atoms with Crippen LogP contribution in [0, 0.1) is 6.92 Å². The van der Waals surface area contributed by atoms with Crippen LogP contribution >= 0.6 is 11.6 Å². The molecule has 0 saturated heterocycles. The molecule has 1 amide bonds. The highest BCUT2D eigenvalue weighted by Gasteiger charge is 2.14. The predicted molar refractivity (Wildman–Crippen MR) is 76.7 cm³/mol. The van der Waals surface area contributed by atoms with Gasteiger partial charge >= 0.3 is 0 Å². The summed E-state index contributed by atoms with van der Waals surface area (Å²) < 4.78 is 0. The summed E-state index contributed by atoms with van der Waals surface area (Å²) in [6.07, 6.45) is 0. The van der Waals surface area contributed by atoms with Gasteiger partial charge in [-0.3, -0.25) is 4.79 Å². The highest BCUT2D eigenvalue weighted by Crippen LogP contribution is 2.34. The smallest absolute Gasteiger partial charge is 0.251 e. The van der Waals surface area contributed by atoms with E-state index in [4.69, 9.17) is 11.6 Å². The van der Waals surface area contributed by atoms with E-state index in [-0.39, 0.29) is 16.7 Å². The van der Waals surface area contributed by atoms with Crippen LogP contribution in [0.15, 0.2) is 36.4 Å². The molecule has 0 aliphatic heterocycles.